The third-order valence-electron chi connectivity index (χ3n) is 5.94. The lowest BCUT2D eigenvalue weighted by molar-refractivity contribution is -0.127. The topological polar surface area (TPSA) is 71.5 Å². The summed E-state index contributed by atoms with van der Waals surface area (Å²) < 4.78 is 5.50. The van der Waals surface area contributed by atoms with Gasteiger partial charge in [0, 0.05) is 47.4 Å². The number of benzene rings is 2. The van der Waals surface area contributed by atoms with Crippen LogP contribution < -0.4 is 5.32 Å². The Kier molecular flexibility index (Phi) is 5.53. The molecule has 0 radical (unpaired) electrons. The van der Waals surface area contributed by atoms with Crippen LogP contribution in [0.1, 0.15) is 44.2 Å². The van der Waals surface area contributed by atoms with E-state index in [0.29, 0.717) is 22.0 Å². The first-order valence-corrected chi connectivity index (χ1v) is 11.8. The van der Waals surface area contributed by atoms with Gasteiger partial charge in [-0.1, -0.05) is 35.3 Å². The molecule has 0 saturated heterocycles. The van der Waals surface area contributed by atoms with E-state index in [0.717, 1.165) is 33.4 Å². The Morgan fingerprint density at radius 1 is 1.15 bits per heavy atom. The number of hydrogen-bond acceptors (Lipinski definition) is 5. The van der Waals surface area contributed by atoms with Crippen molar-refractivity contribution in [2.24, 2.45) is 0 Å². The van der Waals surface area contributed by atoms with Crippen molar-refractivity contribution in [1.82, 2.24) is 9.88 Å². The molecule has 2 aliphatic rings. The van der Waals surface area contributed by atoms with Gasteiger partial charge in [-0.15, -0.1) is 0 Å². The van der Waals surface area contributed by atoms with Crippen molar-refractivity contribution < 1.29 is 14.3 Å². The summed E-state index contributed by atoms with van der Waals surface area (Å²) in [4.78, 5) is 32.3. The third kappa shape index (κ3) is 4.01. The molecular formula is C26H23Cl2N3O3. The molecule has 174 valence electrons. The van der Waals surface area contributed by atoms with Gasteiger partial charge in [0.2, 0.25) is 0 Å². The van der Waals surface area contributed by atoms with Gasteiger partial charge in [0.25, 0.3) is 5.91 Å². The number of hydrogen-bond donors (Lipinski definition) is 1. The SMILES string of the molecule is CC(C)(C)OC(=O)N1CCC2=C(C1=O)C(c1ccc(Cl)c(Cl)c1)c1cc3ncccc3cc1N2. The van der Waals surface area contributed by atoms with Crippen molar-refractivity contribution in [2.75, 3.05) is 11.9 Å². The zero-order valence-corrected chi connectivity index (χ0v) is 20.5. The van der Waals surface area contributed by atoms with Crippen LogP contribution in [0.5, 0.6) is 0 Å². The molecular weight excluding hydrogens is 473 g/mol. The number of nitrogens with one attached hydrogen (secondary N) is 1. The quantitative estimate of drug-likeness (QED) is 0.415. The lowest BCUT2D eigenvalue weighted by Crippen LogP contribution is -2.47. The molecule has 0 aliphatic carbocycles. The smallest absolute Gasteiger partial charge is 0.417 e. The molecule has 34 heavy (non-hydrogen) atoms. The van der Waals surface area contributed by atoms with Crippen molar-refractivity contribution in [2.45, 2.75) is 38.7 Å². The van der Waals surface area contributed by atoms with Crippen LogP contribution in [0.2, 0.25) is 10.0 Å². The van der Waals surface area contributed by atoms with Crippen LogP contribution in [-0.2, 0) is 9.53 Å². The molecule has 3 aromatic rings. The van der Waals surface area contributed by atoms with E-state index in [1.54, 1.807) is 39.1 Å². The Labute approximate surface area is 207 Å². The maximum Gasteiger partial charge on any atom is 0.417 e. The Bertz CT molecular complexity index is 1380. The van der Waals surface area contributed by atoms with Gasteiger partial charge in [0.05, 0.1) is 15.6 Å². The predicted molar refractivity (Wildman–Crippen MR) is 133 cm³/mol. The summed E-state index contributed by atoms with van der Waals surface area (Å²) in [5.41, 5.74) is 3.96. The van der Waals surface area contributed by atoms with Crippen molar-refractivity contribution in [3.8, 4) is 0 Å². The lowest BCUT2D eigenvalue weighted by atomic mass is 9.78. The van der Waals surface area contributed by atoms with Crippen molar-refractivity contribution in [3.05, 3.63) is 81.1 Å². The average molecular weight is 496 g/mol. The van der Waals surface area contributed by atoms with Crippen LogP contribution in [0, 0.1) is 0 Å². The van der Waals surface area contributed by atoms with E-state index >= 15 is 0 Å². The van der Waals surface area contributed by atoms with Gasteiger partial charge in [-0.05, 0) is 62.2 Å². The molecule has 5 rings (SSSR count). The van der Waals surface area contributed by atoms with Crippen molar-refractivity contribution in [3.63, 3.8) is 0 Å². The zero-order chi connectivity index (χ0) is 24.2. The van der Waals surface area contributed by atoms with E-state index in [1.165, 1.54) is 4.90 Å². The summed E-state index contributed by atoms with van der Waals surface area (Å²) >= 11 is 12.6. The average Bonchev–Trinajstić information content (AvgIpc) is 2.77. The molecule has 1 N–H and O–H groups in total. The second kappa shape index (κ2) is 8.29. The summed E-state index contributed by atoms with van der Waals surface area (Å²) in [5.74, 6) is -0.837. The summed E-state index contributed by atoms with van der Waals surface area (Å²) in [6.07, 6.45) is 1.57. The molecule has 8 heteroatoms. The van der Waals surface area contributed by atoms with Gasteiger partial charge in [0.15, 0.2) is 0 Å². The molecule has 0 saturated carbocycles. The fourth-order valence-electron chi connectivity index (χ4n) is 4.49. The van der Waals surface area contributed by atoms with E-state index < -0.39 is 17.6 Å². The highest BCUT2D eigenvalue weighted by molar-refractivity contribution is 6.42. The number of halogens is 2. The number of nitrogens with zero attached hydrogens (tertiary/aromatic N) is 2. The minimum Gasteiger partial charge on any atom is -0.443 e. The fourth-order valence-corrected chi connectivity index (χ4v) is 4.80. The monoisotopic (exact) mass is 495 g/mol. The number of pyridine rings is 1. The highest BCUT2D eigenvalue weighted by Gasteiger charge is 2.41. The van der Waals surface area contributed by atoms with Crippen molar-refractivity contribution in [1.29, 1.82) is 0 Å². The minimum absolute atomic E-state index is 0.234. The molecule has 6 nitrogen and oxygen atoms in total. The van der Waals surface area contributed by atoms with Crippen LogP contribution in [-0.4, -0.2) is 34.0 Å². The fraction of sp³-hybridized carbons (Fsp3) is 0.269. The Balaban J connectivity index is 1.67. The summed E-state index contributed by atoms with van der Waals surface area (Å²) in [6, 6.07) is 13.3. The van der Waals surface area contributed by atoms with Crippen LogP contribution in [0.25, 0.3) is 10.9 Å². The second-order valence-electron chi connectivity index (χ2n) is 9.45. The zero-order valence-electron chi connectivity index (χ0n) is 19.0. The first kappa shape index (κ1) is 22.7. The van der Waals surface area contributed by atoms with Crippen LogP contribution in [0.15, 0.2) is 59.9 Å². The molecule has 1 unspecified atom stereocenters. The van der Waals surface area contributed by atoms with Gasteiger partial charge >= 0.3 is 6.09 Å². The number of fused-ring (bicyclic) bond motifs is 2. The molecule has 1 aromatic heterocycles. The number of rotatable bonds is 1. The van der Waals surface area contributed by atoms with E-state index in [1.807, 2.05) is 30.3 Å². The van der Waals surface area contributed by atoms with Crippen LogP contribution >= 0.6 is 23.2 Å². The number of amides is 2. The number of ether oxygens (including phenoxy) is 1. The van der Waals surface area contributed by atoms with Gasteiger partial charge < -0.3 is 10.1 Å². The lowest BCUT2D eigenvalue weighted by Gasteiger charge is -2.38. The first-order chi connectivity index (χ1) is 16.1. The maximum absolute atomic E-state index is 13.7. The first-order valence-electron chi connectivity index (χ1n) is 11.0. The molecule has 3 heterocycles. The molecule has 0 bridgehead atoms. The van der Waals surface area contributed by atoms with Gasteiger partial charge in [-0.3, -0.25) is 9.78 Å². The standard InChI is InChI=1S/C26H23Cl2N3O3/c1-26(2,3)34-25(33)31-10-8-19-23(24(31)32)22(15-6-7-17(27)18(28)11-15)16-13-20-14(5-4-9-29-20)12-21(16)30-19/h4-7,9,11-13,22,30H,8,10H2,1-3H3. The Morgan fingerprint density at radius 2 is 1.94 bits per heavy atom. The van der Waals surface area contributed by atoms with E-state index in [-0.39, 0.29) is 12.5 Å². The van der Waals surface area contributed by atoms with E-state index in [2.05, 4.69) is 10.3 Å². The third-order valence-corrected chi connectivity index (χ3v) is 6.68. The molecule has 2 aromatic carbocycles. The van der Waals surface area contributed by atoms with Crippen molar-refractivity contribution >= 4 is 51.8 Å². The maximum atomic E-state index is 13.7. The molecule has 0 fully saturated rings. The molecule has 2 amide bonds. The number of imide groups is 1. The largest absolute Gasteiger partial charge is 0.443 e. The van der Waals surface area contributed by atoms with Gasteiger partial charge in [-0.2, -0.15) is 0 Å². The molecule has 1 atom stereocenters. The second-order valence-corrected chi connectivity index (χ2v) is 10.3. The summed E-state index contributed by atoms with van der Waals surface area (Å²) in [7, 11) is 0. The Morgan fingerprint density at radius 3 is 2.68 bits per heavy atom. The van der Waals surface area contributed by atoms with Crippen LogP contribution in [0.4, 0.5) is 10.5 Å². The summed E-state index contributed by atoms with van der Waals surface area (Å²) in [5, 5.41) is 5.26. The molecule has 2 aliphatic heterocycles. The normalized spacial score (nSPS) is 17.9. The highest BCUT2D eigenvalue weighted by atomic mass is 35.5. The van der Waals surface area contributed by atoms with Gasteiger partial charge in [0.1, 0.15) is 5.60 Å². The highest BCUT2D eigenvalue weighted by Crippen LogP contribution is 2.46. The number of carbonyl (C=O) groups excluding carboxylic acids is 2. The number of aromatic nitrogens is 1. The minimum atomic E-state index is -0.711. The number of anilines is 1. The van der Waals surface area contributed by atoms with Gasteiger partial charge in [-0.25, -0.2) is 9.69 Å². The van der Waals surface area contributed by atoms with E-state index in [9.17, 15) is 9.59 Å². The molecule has 0 spiro atoms. The predicted octanol–water partition coefficient (Wildman–Crippen LogP) is 6.52. The number of carbonyl (C=O) groups is 2. The summed E-state index contributed by atoms with van der Waals surface area (Å²) in [6.45, 7) is 5.56. The Hall–Kier alpha value is -3.09. The van der Waals surface area contributed by atoms with Crippen LogP contribution in [0.3, 0.4) is 0 Å². The van der Waals surface area contributed by atoms with E-state index in [4.69, 9.17) is 27.9 Å².